The van der Waals surface area contributed by atoms with Crippen molar-refractivity contribution >= 4 is 35.1 Å². The van der Waals surface area contributed by atoms with Crippen LogP contribution in [0.2, 0.25) is 0 Å². The molecule has 1 aromatic carbocycles. The molecule has 2 aliphatic heterocycles. The van der Waals surface area contributed by atoms with E-state index >= 15 is 4.39 Å². The lowest BCUT2D eigenvalue weighted by Crippen LogP contribution is -2.39. The summed E-state index contributed by atoms with van der Waals surface area (Å²) in [5, 5.41) is 11.0. The van der Waals surface area contributed by atoms with E-state index in [1.54, 1.807) is 40.1 Å². The van der Waals surface area contributed by atoms with Gasteiger partial charge in [0.05, 0.1) is 5.69 Å². The van der Waals surface area contributed by atoms with Gasteiger partial charge in [-0.05, 0) is 89.8 Å². The van der Waals surface area contributed by atoms with Gasteiger partial charge in [-0.2, -0.15) is 0 Å². The second-order valence-electron chi connectivity index (χ2n) is 12.3. The van der Waals surface area contributed by atoms with Crippen molar-refractivity contribution in [1.82, 2.24) is 20.0 Å². The van der Waals surface area contributed by atoms with E-state index in [-0.39, 0.29) is 17.5 Å². The quantitative estimate of drug-likeness (QED) is 0.479. The highest BCUT2D eigenvalue weighted by Gasteiger charge is 2.26. The monoisotopic (exact) mass is 579 g/mol. The van der Waals surface area contributed by atoms with Crippen molar-refractivity contribution in [3.8, 4) is 0 Å². The van der Waals surface area contributed by atoms with Crippen molar-refractivity contribution in [3.63, 3.8) is 0 Å². The van der Waals surface area contributed by atoms with Crippen molar-refractivity contribution in [2.24, 2.45) is 0 Å². The molecule has 3 amide bonds. The Bertz CT molecular complexity index is 1410. The van der Waals surface area contributed by atoms with Gasteiger partial charge in [-0.3, -0.25) is 4.79 Å². The fourth-order valence-corrected chi connectivity index (χ4v) is 4.48. The first-order valence-corrected chi connectivity index (χ1v) is 14.0. The molecular weight excluding hydrogens is 541 g/mol. The molecule has 3 heterocycles. The summed E-state index contributed by atoms with van der Waals surface area (Å²) in [7, 11) is 0. The van der Waals surface area contributed by atoms with E-state index in [2.05, 4.69) is 15.5 Å². The molecule has 0 unspecified atom stereocenters. The lowest BCUT2D eigenvalue weighted by Gasteiger charge is -2.29. The SMILES string of the molecule is CC(C)(C)OC(=O)N1CC=C(c2ccc(NC(=O)c3ccc(C4=CCN(C(=O)OC(C)(C)C)CC4)c(F)c3)nn2)CC1. The first-order valence-electron chi connectivity index (χ1n) is 14.0. The van der Waals surface area contributed by atoms with Crippen LogP contribution in [-0.4, -0.2) is 75.5 Å². The molecule has 224 valence electrons. The standard InChI is InChI=1S/C31H38FN5O5/c1-30(2,3)41-28(39)36-15-11-20(12-16-36)23-8-7-22(19-24(23)32)27(38)33-26-10-9-25(34-35-26)21-13-17-37(18-14-21)29(40)42-31(4,5)6/h7-11,13,19H,12,14-18H2,1-6H3,(H,33,35,38). The number of rotatable bonds is 4. The lowest BCUT2D eigenvalue weighted by molar-refractivity contribution is 0.0260. The zero-order valence-electron chi connectivity index (χ0n) is 25.0. The summed E-state index contributed by atoms with van der Waals surface area (Å²) in [4.78, 5) is 40.6. The predicted octanol–water partition coefficient (Wildman–Crippen LogP) is 5.92. The molecule has 1 aromatic heterocycles. The van der Waals surface area contributed by atoms with Crippen molar-refractivity contribution < 1.29 is 28.2 Å². The molecule has 2 aromatic rings. The molecule has 0 spiro atoms. The van der Waals surface area contributed by atoms with E-state index in [0.29, 0.717) is 50.3 Å². The molecular formula is C31H38FN5O5. The number of nitrogens with one attached hydrogen (secondary N) is 1. The van der Waals surface area contributed by atoms with Crippen LogP contribution in [0.5, 0.6) is 0 Å². The van der Waals surface area contributed by atoms with Gasteiger partial charge in [-0.25, -0.2) is 14.0 Å². The van der Waals surface area contributed by atoms with Gasteiger partial charge in [0.1, 0.15) is 17.0 Å². The summed E-state index contributed by atoms with van der Waals surface area (Å²) < 4.78 is 25.9. The highest BCUT2D eigenvalue weighted by atomic mass is 19.1. The number of hydrogen-bond donors (Lipinski definition) is 1. The number of aromatic nitrogens is 2. The maximum absolute atomic E-state index is 15.0. The molecule has 2 aliphatic rings. The minimum absolute atomic E-state index is 0.145. The third kappa shape index (κ3) is 8.14. The van der Waals surface area contributed by atoms with Crippen LogP contribution in [0.15, 0.2) is 42.5 Å². The van der Waals surface area contributed by atoms with Gasteiger partial charge in [-0.15, -0.1) is 10.2 Å². The molecule has 10 nitrogen and oxygen atoms in total. The fourth-order valence-electron chi connectivity index (χ4n) is 4.48. The van der Waals surface area contributed by atoms with E-state index < -0.39 is 29.0 Å². The van der Waals surface area contributed by atoms with Gasteiger partial charge in [0, 0.05) is 37.3 Å². The van der Waals surface area contributed by atoms with Crippen LogP contribution >= 0.6 is 0 Å². The number of ether oxygens (including phenoxy) is 2. The Hall–Kier alpha value is -4.28. The minimum atomic E-state index is -0.586. The first kappa shape index (κ1) is 30.7. The number of carbonyl (C=O) groups excluding carboxylic acids is 3. The topological polar surface area (TPSA) is 114 Å². The predicted molar refractivity (Wildman–Crippen MR) is 157 cm³/mol. The van der Waals surface area contributed by atoms with Crippen molar-refractivity contribution in [3.05, 3.63) is 65.1 Å². The smallest absolute Gasteiger partial charge is 0.410 e. The van der Waals surface area contributed by atoms with E-state index in [1.807, 2.05) is 47.6 Å². The van der Waals surface area contributed by atoms with E-state index in [1.165, 1.54) is 6.07 Å². The Morgan fingerprint density at radius 3 is 1.83 bits per heavy atom. The zero-order chi connectivity index (χ0) is 30.7. The molecule has 0 atom stereocenters. The van der Waals surface area contributed by atoms with Crippen molar-refractivity contribution in [1.29, 1.82) is 0 Å². The number of halogens is 1. The average Bonchev–Trinajstić information content (AvgIpc) is 2.92. The molecule has 42 heavy (non-hydrogen) atoms. The largest absolute Gasteiger partial charge is 0.444 e. The number of nitrogens with zero attached hydrogens (tertiary/aromatic N) is 4. The molecule has 0 saturated heterocycles. The molecule has 0 bridgehead atoms. The van der Waals surface area contributed by atoms with Gasteiger partial charge in [-0.1, -0.05) is 18.2 Å². The van der Waals surface area contributed by atoms with Gasteiger partial charge in [0.15, 0.2) is 5.82 Å². The van der Waals surface area contributed by atoms with Crippen LogP contribution < -0.4 is 5.32 Å². The third-order valence-electron chi connectivity index (χ3n) is 6.53. The summed E-state index contributed by atoms with van der Waals surface area (Å²) in [5.74, 6) is -0.802. The van der Waals surface area contributed by atoms with Gasteiger partial charge in [0.2, 0.25) is 0 Å². The number of hydrogen-bond acceptors (Lipinski definition) is 7. The second kappa shape index (κ2) is 12.3. The fraction of sp³-hybridized carbons (Fsp3) is 0.452. The molecule has 0 radical (unpaired) electrons. The molecule has 1 N–H and O–H groups in total. The molecule has 11 heteroatoms. The van der Waals surface area contributed by atoms with Crippen LogP contribution in [0.4, 0.5) is 19.8 Å². The Labute approximate surface area is 245 Å². The highest BCUT2D eigenvalue weighted by molar-refractivity contribution is 6.04. The number of carbonyl (C=O) groups is 3. The van der Waals surface area contributed by atoms with Crippen LogP contribution in [0.1, 0.15) is 76.0 Å². The first-order chi connectivity index (χ1) is 19.7. The summed E-state index contributed by atoms with van der Waals surface area (Å²) >= 11 is 0. The molecule has 0 saturated carbocycles. The van der Waals surface area contributed by atoms with Crippen LogP contribution in [0.3, 0.4) is 0 Å². The molecule has 0 fully saturated rings. The van der Waals surface area contributed by atoms with E-state index in [4.69, 9.17) is 9.47 Å². The zero-order valence-corrected chi connectivity index (χ0v) is 25.0. The maximum Gasteiger partial charge on any atom is 0.410 e. The summed E-state index contributed by atoms with van der Waals surface area (Å²) in [5.41, 5.74) is 1.77. The van der Waals surface area contributed by atoms with Crippen LogP contribution in [0.25, 0.3) is 11.1 Å². The van der Waals surface area contributed by atoms with E-state index in [9.17, 15) is 14.4 Å². The highest BCUT2D eigenvalue weighted by Crippen LogP contribution is 2.27. The van der Waals surface area contributed by atoms with Gasteiger partial charge >= 0.3 is 12.2 Å². The third-order valence-corrected chi connectivity index (χ3v) is 6.53. The normalized spacial score (nSPS) is 15.9. The number of amides is 3. The number of benzene rings is 1. The Morgan fingerprint density at radius 1 is 0.810 bits per heavy atom. The summed E-state index contributed by atoms with van der Waals surface area (Å²) in [6.45, 7) is 12.6. The molecule has 4 rings (SSSR count). The summed E-state index contributed by atoms with van der Waals surface area (Å²) in [6.07, 6.45) is 4.03. The lowest BCUT2D eigenvalue weighted by atomic mass is 9.97. The van der Waals surface area contributed by atoms with Crippen LogP contribution in [-0.2, 0) is 9.47 Å². The van der Waals surface area contributed by atoms with Gasteiger partial charge in [0.25, 0.3) is 5.91 Å². The maximum atomic E-state index is 15.0. The van der Waals surface area contributed by atoms with Gasteiger partial charge < -0.3 is 24.6 Å². The average molecular weight is 580 g/mol. The Balaban J connectivity index is 1.33. The van der Waals surface area contributed by atoms with Crippen molar-refractivity contribution in [2.75, 3.05) is 31.5 Å². The Kier molecular flexibility index (Phi) is 8.98. The minimum Gasteiger partial charge on any atom is -0.444 e. The number of anilines is 1. The van der Waals surface area contributed by atoms with E-state index in [0.717, 1.165) is 11.1 Å². The Morgan fingerprint density at radius 2 is 1.38 bits per heavy atom. The van der Waals surface area contributed by atoms with Crippen molar-refractivity contribution in [2.45, 2.75) is 65.6 Å². The summed E-state index contributed by atoms with van der Waals surface area (Å²) in [6, 6.07) is 7.70. The molecule has 0 aliphatic carbocycles. The second-order valence-corrected chi connectivity index (χ2v) is 12.3. The van der Waals surface area contributed by atoms with Crippen LogP contribution in [0, 0.1) is 5.82 Å².